The Balaban J connectivity index is 1.74. The molecule has 0 aromatic heterocycles. The largest absolute Gasteiger partial charge is 0.375 e. The van der Waals surface area contributed by atoms with Crippen molar-refractivity contribution in [3.05, 3.63) is 0 Å². The van der Waals surface area contributed by atoms with Gasteiger partial charge in [-0.2, -0.15) is 0 Å². The minimum atomic E-state index is 0.00812. The predicted molar refractivity (Wildman–Crippen MR) is 62.2 cm³/mol. The Morgan fingerprint density at radius 2 is 2.00 bits per heavy atom. The van der Waals surface area contributed by atoms with E-state index >= 15 is 0 Å². The number of piperidine rings is 1. The SMILES string of the molecule is COCC(=O)NCC1CC2CCC(C1)N2C. The van der Waals surface area contributed by atoms with Gasteiger partial charge in [-0.15, -0.1) is 0 Å². The molecular weight excluding hydrogens is 204 g/mol. The summed E-state index contributed by atoms with van der Waals surface area (Å²) in [5, 5.41) is 2.95. The van der Waals surface area contributed by atoms with Crippen LogP contribution in [0.5, 0.6) is 0 Å². The van der Waals surface area contributed by atoms with Gasteiger partial charge in [-0.1, -0.05) is 0 Å². The highest BCUT2D eigenvalue weighted by molar-refractivity contribution is 5.77. The molecule has 2 rings (SSSR count). The molecule has 1 N–H and O–H groups in total. The molecule has 2 saturated heterocycles. The average Bonchev–Trinajstić information content (AvgIpc) is 2.52. The summed E-state index contributed by atoms with van der Waals surface area (Å²) in [6, 6.07) is 1.51. The number of amides is 1. The third-order valence-electron chi connectivity index (χ3n) is 4.06. The van der Waals surface area contributed by atoms with Gasteiger partial charge >= 0.3 is 0 Å². The summed E-state index contributed by atoms with van der Waals surface area (Å²) in [6.07, 6.45) is 5.15. The molecule has 2 atom stereocenters. The second-order valence-corrected chi connectivity index (χ2v) is 5.12. The highest BCUT2D eigenvalue weighted by Crippen LogP contribution is 2.36. The van der Waals surface area contributed by atoms with Crippen LogP contribution in [-0.4, -0.2) is 50.2 Å². The van der Waals surface area contributed by atoms with E-state index in [2.05, 4.69) is 17.3 Å². The molecule has 2 aliphatic heterocycles. The van der Waals surface area contributed by atoms with Crippen LogP contribution in [-0.2, 0) is 9.53 Å². The number of fused-ring (bicyclic) bond motifs is 2. The van der Waals surface area contributed by atoms with Gasteiger partial charge in [0.25, 0.3) is 0 Å². The lowest BCUT2D eigenvalue weighted by atomic mass is 9.91. The first kappa shape index (κ1) is 11.9. The number of ether oxygens (including phenoxy) is 1. The Kier molecular flexibility index (Phi) is 3.82. The number of hydrogen-bond acceptors (Lipinski definition) is 3. The minimum Gasteiger partial charge on any atom is -0.375 e. The fraction of sp³-hybridized carbons (Fsp3) is 0.917. The molecule has 0 radical (unpaired) electrons. The van der Waals surface area contributed by atoms with E-state index in [1.54, 1.807) is 7.11 Å². The number of carbonyl (C=O) groups is 1. The molecule has 0 aromatic rings. The number of methoxy groups -OCH3 is 1. The lowest BCUT2D eigenvalue weighted by Crippen LogP contribution is -2.43. The van der Waals surface area contributed by atoms with E-state index in [9.17, 15) is 4.79 Å². The molecule has 0 spiro atoms. The Bertz CT molecular complexity index is 243. The topological polar surface area (TPSA) is 41.6 Å². The summed E-state index contributed by atoms with van der Waals surface area (Å²) in [5.74, 6) is 0.670. The monoisotopic (exact) mass is 226 g/mol. The van der Waals surface area contributed by atoms with Crippen molar-refractivity contribution in [3.8, 4) is 0 Å². The molecule has 2 aliphatic rings. The van der Waals surface area contributed by atoms with Crippen LogP contribution >= 0.6 is 0 Å². The first-order valence-corrected chi connectivity index (χ1v) is 6.18. The highest BCUT2D eigenvalue weighted by atomic mass is 16.5. The number of nitrogens with one attached hydrogen (secondary N) is 1. The molecule has 2 unspecified atom stereocenters. The fourth-order valence-corrected chi connectivity index (χ4v) is 3.13. The molecule has 92 valence electrons. The van der Waals surface area contributed by atoms with E-state index in [0.717, 1.165) is 18.6 Å². The lowest BCUT2D eigenvalue weighted by Gasteiger charge is -2.36. The smallest absolute Gasteiger partial charge is 0.245 e. The Hall–Kier alpha value is -0.610. The van der Waals surface area contributed by atoms with Crippen molar-refractivity contribution < 1.29 is 9.53 Å². The molecule has 1 amide bonds. The summed E-state index contributed by atoms with van der Waals surface area (Å²) in [6.45, 7) is 1.00. The maximum Gasteiger partial charge on any atom is 0.245 e. The summed E-state index contributed by atoms with van der Waals surface area (Å²) in [7, 11) is 3.79. The van der Waals surface area contributed by atoms with Crippen LogP contribution in [0.15, 0.2) is 0 Å². The van der Waals surface area contributed by atoms with E-state index in [-0.39, 0.29) is 12.5 Å². The molecule has 2 bridgehead atoms. The second kappa shape index (κ2) is 5.15. The maximum atomic E-state index is 11.3. The van der Waals surface area contributed by atoms with Crippen LogP contribution in [0.1, 0.15) is 25.7 Å². The molecular formula is C12H22N2O2. The minimum absolute atomic E-state index is 0.00812. The first-order chi connectivity index (χ1) is 7.70. The van der Waals surface area contributed by atoms with Crippen LogP contribution in [0, 0.1) is 5.92 Å². The number of nitrogens with zero attached hydrogens (tertiary/aromatic N) is 1. The molecule has 0 aromatic carbocycles. The molecule has 4 nitrogen and oxygen atoms in total. The number of carbonyl (C=O) groups excluding carboxylic acids is 1. The summed E-state index contributed by atoms with van der Waals surface area (Å²) >= 11 is 0. The first-order valence-electron chi connectivity index (χ1n) is 6.18. The van der Waals surface area contributed by atoms with Crippen molar-refractivity contribution in [2.75, 3.05) is 27.3 Å². The molecule has 2 fully saturated rings. The van der Waals surface area contributed by atoms with Gasteiger partial charge in [-0.25, -0.2) is 0 Å². The van der Waals surface area contributed by atoms with Gasteiger partial charge < -0.3 is 15.0 Å². The summed E-state index contributed by atoms with van der Waals surface area (Å²) in [4.78, 5) is 13.8. The third-order valence-corrected chi connectivity index (χ3v) is 4.06. The van der Waals surface area contributed by atoms with Crippen LogP contribution in [0.25, 0.3) is 0 Å². The van der Waals surface area contributed by atoms with E-state index in [1.807, 2.05) is 0 Å². The van der Waals surface area contributed by atoms with Crippen molar-refractivity contribution in [3.63, 3.8) is 0 Å². The number of hydrogen-bond donors (Lipinski definition) is 1. The van der Waals surface area contributed by atoms with Crippen molar-refractivity contribution >= 4 is 5.91 Å². The Morgan fingerprint density at radius 1 is 1.38 bits per heavy atom. The lowest BCUT2D eigenvalue weighted by molar-refractivity contribution is -0.125. The van der Waals surface area contributed by atoms with Crippen LogP contribution in [0.2, 0.25) is 0 Å². The van der Waals surface area contributed by atoms with E-state index in [1.165, 1.54) is 25.7 Å². The second-order valence-electron chi connectivity index (χ2n) is 5.12. The average molecular weight is 226 g/mol. The Morgan fingerprint density at radius 3 is 2.56 bits per heavy atom. The van der Waals surface area contributed by atoms with E-state index in [4.69, 9.17) is 4.74 Å². The maximum absolute atomic E-state index is 11.3. The van der Waals surface area contributed by atoms with Gasteiger partial charge in [-0.05, 0) is 38.6 Å². The molecule has 2 heterocycles. The summed E-state index contributed by atoms with van der Waals surface area (Å²) in [5.41, 5.74) is 0. The molecule has 0 aliphatic carbocycles. The van der Waals surface area contributed by atoms with Crippen LogP contribution in [0.4, 0.5) is 0 Å². The fourth-order valence-electron chi connectivity index (χ4n) is 3.13. The van der Waals surface area contributed by atoms with Crippen molar-refractivity contribution in [1.82, 2.24) is 10.2 Å². The molecule has 0 saturated carbocycles. The Labute approximate surface area is 97.3 Å². The number of rotatable bonds is 4. The molecule has 16 heavy (non-hydrogen) atoms. The van der Waals surface area contributed by atoms with Gasteiger partial charge in [0.1, 0.15) is 6.61 Å². The predicted octanol–water partition coefficient (Wildman–Crippen LogP) is 0.622. The summed E-state index contributed by atoms with van der Waals surface area (Å²) < 4.78 is 4.79. The van der Waals surface area contributed by atoms with Crippen LogP contribution in [0.3, 0.4) is 0 Å². The highest BCUT2D eigenvalue weighted by Gasteiger charge is 2.38. The molecule has 4 heteroatoms. The van der Waals surface area contributed by atoms with Crippen molar-refractivity contribution in [2.24, 2.45) is 5.92 Å². The normalized spacial score (nSPS) is 34.0. The zero-order chi connectivity index (χ0) is 11.5. The standard InChI is InChI=1S/C12H22N2O2/c1-14-10-3-4-11(14)6-9(5-10)7-13-12(15)8-16-2/h9-11H,3-8H2,1-2H3,(H,13,15). The zero-order valence-electron chi connectivity index (χ0n) is 10.2. The van der Waals surface area contributed by atoms with Gasteiger partial charge in [0.2, 0.25) is 5.91 Å². The van der Waals surface area contributed by atoms with Crippen molar-refractivity contribution in [1.29, 1.82) is 0 Å². The van der Waals surface area contributed by atoms with Gasteiger partial charge in [0, 0.05) is 25.7 Å². The van der Waals surface area contributed by atoms with Gasteiger partial charge in [0.15, 0.2) is 0 Å². The zero-order valence-corrected chi connectivity index (χ0v) is 10.2. The van der Waals surface area contributed by atoms with Crippen molar-refractivity contribution in [2.45, 2.75) is 37.8 Å². The van der Waals surface area contributed by atoms with Gasteiger partial charge in [-0.3, -0.25) is 4.79 Å². The quantitative estimate of drug-likeness (QED) is 0.764. The van der Waals surface area contributed by atoms with E-state index in [0.29, 0.717) is 5.92 Å². The van der Waals surface area contributed by atoms with E-state index < -0.39 is 0 Å². The van der Waals surface area contributed by atoms with Crippen LogP contribution < -0.4 is 5.32 Å². The van der Waals surface area contributed by atoms with Gasteiger partial charge in [0.05, 0.1) is 0 Å². The third kappa shape index (κ3) is 2.55.